The lowest BCUT2D eigenvalue weighted by atomic mass is 9.68. The van der Waals surface area contributed by atoms with Crippen molar-refractivity contribution in [3.05, 3.63) is 54.1 Å². The third-order valence-electron chi connectivity index (χ3n) is 4.48. The highest BCUT2D eigenvalue weighted by atomic mass is 16.2. The van der Waals surface area contributed by atoms with Crippen LogP contribution in [0.4, 0.5) is 10.5 Å². The van der Waals surface area contributed by atoms with E-state index in [1.807, 2.05) is 43.3 Å². The van der Waals surface area contributed by atoms with Gasteiger partial charge in [0.1, 0.15) is 0 Å². The van der Waals surface area contributed by atoms with E-state index in [0.29, 0.717) is 5.92 Å². The van der Waals surface area contributed by atoms with E-state index >= 15 is 0 Å². The Bertz CT molecular complexity index is 657. The number of hydrogen-bond acceptors (Lipinski definition) is 2. The minimum atomic E-state index is -0.344. The minimum Gasteiger partial charge on any atom is -0.307 e. The molecule has 4 nitrogen and oxygen atoms in total. The van der Waals surface area contributed by atoms with Crippen LogP contribution < -0.4 is 10.7 Å². The zero-order valence-corrected chi connectivity index (χ0v) is 15.0. The molecule has 0 aromatic heterocycles. The average molecular weight is 325 g/mol. The number of carbonyl (C=O) groups is 1. The van der Waals surface area contributed by atoms with Gasteiger partial charge in [-0.15, -0.1) is 0 Å². The summed E-state index contributed by atoms with van der Waals surface area (Å²) in [5, 5.41) is 6.86. The van der Waals surface area contributed by atoms with Gasteiger partial charge in [-0.3, -0.25) is 0 Å². The monoisotopic (exact) mass is 325 g/mol. The molecule has 1 aromatic carbocycles. The van der Waals surface area contributed by atoms with Crippen LogP contribution in [0.15, 0.2) is 59.2 Å². The summed E-state index contributed by atoms with van der Waals surface area (Å²) in [5.74, 6) is 0.412. The molecule has 0 heterocycles. The van der Waals surface area contributed by atoms with Gasteiger partial charge in [0.2, 0.25) is 0 Å². The summed E-state index contributed by atoms with van der Waals surface area (Å²) in [4.78, 5) is 11.8. The van der Waals surface area contributed by atoms with Gasteiger partial charge in [0, 0.05) is 11.6 Å². The van der Waals surface area contributed by atoms with Crippen molar-refractivity contribution in [3.8, 4) is 0 Å². The molecular formula is C20H27N3O. The molecule has 0 saturated heterocycles. The molecule has 0 spiro atoms. The maximum Gasteiger partial charge on any atom is 0.339 e. The molecule has 1 atom stereocenters. The molecule has 0 fully saturated rings. The number of anilines is 1. The molecule has 0 radical (unpaired) electrons. The van der Waals surface area contributed by atoms with Crippen LogP contribution in [0.1, 0.15) is 40.5 Å². The predicted octanol–water partition coefficient (Wildman–Crippen LogP) is 5.12. The molecule has 2 amide bonds. The second kappa shape index (κ2) is 7.95. The number of amides is 2. The van der Waals surface area contributed by atoms with Gasteiger partial charge in [0.25, 0.3) is 0 Å². The zero-order chi connectivity index (χ0) is 17.6. The van der Waals surface area contributed by atoms with E-state index in [1.54, 1.807) is 0 Å². The van der Waals surface area contributed by atoms with Crippen LogP contribution in [0.3, 0.4) is 0 Å². The molecule has 0 bridgehead atoms. The molecule has 1 unspecified atom stereocenters. The fraction of sp³-hybridized carbons (Fsp3) is 0.400. The molecule has 0 saturated carbocycles. The van der Waals surface area contributed by atoms with Gasteiger partial charge in [-0.25, -0.2) is 10.2 Å². The highest BCUT2D eigenvalue weighted by molar-refractivity contribution is 5.95. The Labute approximate surface area is 144 Å². The molecule has 128 valence electrons. The van der Waals surface area contributed by atoms with Gasteiger partial charge >= 0.3 is 6.03 Å². The Morgan fingerprint density at radius 1 is 1.29 bits per heavy atom. The summed E-state index contributed by atoms with van der Waals surface area (Å²) in [5.41, 5.74) is 5.70. The van der Waals surface area contributed by atoms with E-state index in [1.165, 1.54) is 12.0 Å². The first-order valence-electron chi connectivity index (χ1n) is 8.40. The molecule has 1 aliphatic rings. The third-order valence-corrected chi connectivity index (χ3v) is 4.48. The van der Waals surface area contributed by atoms with E-state index in [0.717, 1.165) is 17.8 Å². The first-order chi connectivity index (χ1) is 11.4. The van der Waals surface area contributed by atoms with E-state index in [-0.39, 0.29) is 11.4 Å². The largest absolute Gasteiger partial charge is 0.339 e. The number of para-hydroxylation sites is 1. The van der Waals surface area contributed by atoms with E-state index < -0.39 is 0 Å². The van der Waals surface area contributed by atoms with Crippen molar-refractivity contribution in [2.45, 2.75) is 40.5 Å². The smallest absolute Gasteiger partial charge is 0.307 e. The maximum absolute atomic E-state index is 11.8. The fourth-order valence-electron chi connectivity index (χ4n) is 3.08. The highest BCUT2D eigenvalue weighted by Crippen LogP contribution is 2.41. The Morgan fingerprint density at radius 3 is 2.67 bits per heavy atom. The lowest BCUT2D eigenvalue weighted by molar-refractivity contribution is 0.252. The molecule has 1 aromatic rings. The average Bonchev–Trinajstić information content (AvgIpc) is 2.53. The first-order valence-corrected chi connectivity index (χ1v) is 8.40. The standard InChI is InChI=1S/C20H27N3O/c1-15-9-8-14-20(3,4)18(15)13-12-16(2)22-23-19(24)21-17-10-6-5-7-11-17/h5-7,9-13,18H,8,14H2,1-4H3,(H2,21,23,24)/b13-12-,22-16+. The Balaban J connectivity index is 1.92. The number of nitrogens with one attached hydrogen (secondary N) is 2. The van der Waals surface area contributed by atoms with Crippen LogP contribution in [0.5, 0.6) is 0 Å². The number of urea groups is 1. The summed E-state index contributed by atoms with van der Waals surface area (Å²) in [6.45, 7) is 8.68. The topological polar surface area (TPSA) is 53.5 Å². The lowest BCUT2D eigenvalue weighted by Crippen LogP contribution is -2.26. The van der Waals surface area contributed by atoms with Gasteiger partial charge in [-0.1, -0.05) is 49.8 Å². The molecular weight excluding hydrogens is 298 g/mol. The second-order valence-corrected chi connectivity index (χ2v) is 7.00. The molecule has 2 N–H and O–H groups in total. The van der Waals surface area contributed by atoms with Gasteiger partial charge in [0.05, 0.1) is 5.71 Å². The van der Waals surface area contributed by atoms with Crippen molar-refractivity contribution in [2.24, 2.45) is 16.4 Å². The van der Waals surface area contributed by atoms with Gasteiger partial charge in [0.15, 0.2) is 0 Å². The van der Waals surface area contributed by atoms with Crippen molar-refractivity contribution >= 4 is 17.4 Å². The zero-order valence-electron chi connectivity index (χ0n) is 15.0. The van der Waals surface area contributed by atoms with Gasteiger partial charge in [-0.05, 0) is 50.3 Å². The summed E-state index contributed by atoms with van der Waals surface area (Å²) >= 11 is 0. The fourth-order valence-corrected chi connectivity index (χ4v) is 3.08. The van der Waals surface area contributed by atoms with Crippen LogP contribution in [0, 0.1) is 11.3 Å². The van der Waals surface area contributed by atoms with Crippen molar-refractivity contribution in [3.63, 3.8) is 0 Å². The summed E-state index contributed by atoms with van der Waals surface area (Å²) in [6.07, 6.45) is 8.83. The van der Waals surface area contributed by atoms with Crippen LogP contribution in [-0.2, 0) is 0 Å². The van der Waals surface area contributed by atoms with Crippen LogP contribution in [0.25, 0.3) is 0 Å². The normalized spacial score (nSPS) is 20.6. The van der Waals surface area contributed by atoms with E-state index in [9.17, 15) is 4.79 Å². The Morgan fingerprint density at radius 2 is 2.00 bits per heavy atom. The van der Waals surface area contributed by atoms with Crippen molar-refractivity contribution in [1.29, 1.82) is 0 Å². The number of allylic oxidation sites excluding steroid dienone is 4. The lowest BCUT2D eigenvalue weighted by Gasteiger charge is -2.36. The minimum absolute atomic E-state index is 0.258. The molecule has 4 heteroatoms. The summed E-state index contributed by atoms with van der Waals surface area (Å²) in [6, 6.07) is 8.96. The Hall–Kier alpha value is -2.36. The van der Waals surface area contributed by atoms with Crippen molar-refractivity contribution in [2.75, 3.05) is 5.32 Å². The second-order valence-electron chi connectivity index (χ2n) is 7.00. The quantitative estimate of drug-likeness (QED) is 0.450. The number of nitrogens with zero attached hydrogens (tertiary/aromatic N) is 1. The maximum atomic E-state index is 11.8. The van der Waals surface area contributed by atoms with Crippen molar-refractivity contribution in [1.82, 2.24) is 5.43 Å². The van der Waals surface area contributed by atoms with E-state index in [4.69, 9.17) is 0 Å². The Kier molecular flexibility index (Phi) is 5.96. The number of rotatable bonds is 4. The van der Waals surface area contributed by atoms with Crippen molar-refractivity contribution < 1.29 is 4.79 Å². The van der Waals surface area contributed by atoms with Crippen LogP contribution in [0.2, 0.25) is 0 Å². The molecule has 2 rings (SSSR count). The van der Waals surface area contributed by atoms with Gasteiger partial charge in [-0.2, -0.15) is 5.10 Å². The highest BCUT2D eigenvalue weighted by Gasteiger charge is 2.30. The SMILES string of the molecule is CC1=CCCC(C)(C)C1/C=C\C(C)=N\NC(=O)Nc1ccccc1. The van der Waals surface area contributed by atoms with Gasteiger partial charge < -0.3 is 5.32 Å². The van der Waals surface area contributed by atoms with Crippen LogP contribution in [-0.4, -0.2) is 11.7 Å². The molecule has 24 heavy (non-hydrogen) atoms. The summed E-state index contributed by atoms with van der Waals surface area (Å²) in [7, 11) is 0. The third kappa shape index (κ3) is 5.08. The predicted molar refractivity (Wildman–Crippen MR) is 101 cm³/mol. The number of hydrazone groups is 1. The number of benzene rings is 1. The molecule has 0 aliphatic heterocycles. The first kappa shape index (κ1) is 18.0. The van der Waals surface area contributed by atoms with E-state index in [2.05, 4.69) is 48.8 Å². The number of hydrogen-bond donors (Lipinski definition) is 2. The molecule has 1 aliphatic carbocycles. The summed E-state index contributed by atoms with van der Waals surface area (Å²) < 4.78 is 0. The number of carbonyl (C=O) groups excluding carboxylic acids is 1. The van der Waals surface area contributed by atoms with Crippen LogP contribution >= 0.6 is 0 Å².